The zero-order valence-corrected chi connectivity index (χ0v) is 8.82. The Labute approximate surface area is 94.3 Å². The van der Waals surface area contributed by atoms with Crippen molar-refractivity contribution < 1.29 is 9.59 Å². The van der Waals surface area contributed by atoms with E-state index < -0.39 is 11.8 Å². The highest BCUT2D eigenvalue weighted by atomic mass is 35.5. The number of nitrogens with zero attached hydrogens (tertiary/aromatic N) is 1. The second-order valence-electron chi connectivity index (χ2n) is 2.70. The van der Waals surface area contributed by atoms with Crippen molar-refractivity contribution in [3.05, 3.63) is 33.3 Å². The van der Waals surface area contributed by atoms with Crippen molar-refractivity contribution in [2.45, 2.75) is 0 Å². The van der Waals surface area contributed by atoms with Gasteiger partial charge in [0.15, 0.2) is 0 Å². The van der Waals surface area contributed by atoms with Gasteiger partial charge in [-0.15, -0.1) is 0 Å². The molecule has 0 aliphatic carbocycles. The van der Waals surface area contributed by atoms with E-state index in [1.54, 1.807) is 0 Å². The van der Waals surface area contributed by atoms with E-state index in [2.05, 4.69) is 0 Å². The molecular formula is C8H2Cl3NO2. The largest absolute Gasteiger partial charge is 0.276 e. The Balaban J connectivity index is 2.71. The summed E-state index contributed by atoms with van der Waals surface area (Å²) in [6.45, 7) is 0. The van der Waals surface area contributed by atoms with Crippen LogP contribution in [-0.4, -0.2) is 16.2 Å². The summed E-state index contributed by atoms with van der Waals surface area (Å²) in [4.78, 5) is 22.7. The summed E-state index contributed by atoms with van der Waals surface area (Å²) in [6.07, 6.45) is 0. The lowest BCUT2D eigenvalue weighted by molar-refractivity contribution is 0.0767. The van der Waals surface area contributed by atoms with Gasteiger partial charge in [-0.1, -0.05) is 23.2 Å². The number of hydrogen-bond donors (Lipinski definition) is 0. The maximum atomic E-state index is 11.3. The standard InChI is InChI=1S/C8H2Cl3NO2/c9-5-1-3-4(2-6(5)10)8(14)12(11)7(3)13/h1-2H. The first-order valence-corrected chi connectivity index (χ1v) is 4.65. The molecule has 1 aliphatic rings. The molecule has 0 atom stereocenters. The Hall–Kier alpha value is -0.770. The third-order valence-corrected chi connectivity index (χ3v) is 2.91. The molecule has 14 heavy (non-hydrogen) atoms. The Morgan fingerprint density at radius 1 is 0.929 bits per heavy atom. The van der Waals surface area contributed by atoms with Crippen molar-refractivity contribution in [2.75, 3.05) is 0 Å². The summed E-state index contributed by atoms with van der Waals surface area (Å²) < 4.78 is 0.511. The smallest absolute Gasteiger partial charge is 0.267 e. The second kappa shape index (κ2) is 3.12. The first-order valence-electron chi connectivity index (χ1n) is 3.56. The molecule has 2 rings (SSSR count). The Bertz CT molecular complexity index is 417. The number of hydrogen-bond acceptors (Lipinski definition) is 2. The van der Waals surface area contributed by atoms with Crippen molar-refractivity contribution in [3.8, 4) is 0 Å². The molecule has 0 fully saturated rings. The minimum Gasteiger partial charge on any atom is -0.267 e. The van der Waals surface area contributed by atoms with E-state index in [1.165, 1.54) is 12.1 Å². The lowest BCUT2D eigenvalue weighted by Gasteiger charge is -1.97. The monoisotopic (exact) mass is 249 g/mol. The van der Waals surface area contributed by atoms with Crippen LogP contribution in [0.5, 0.6) is 0 Å². The quantitative estimate of drug-likeness (QED) is 0.524. The summed E-state index contributed by atoms with van der Waals surface area (Å²) in [7, 11) is 0. The zero-order valence-electron chi connectivity index (χ0n) is 6.55. The molecule has 1 aromatic rings. The van der Waals surface area contributed by atoms with Gasteiger partial charge in [0.05, 0.1) is 21.2 Å². The van der Waals surface area contributed by atoms with Crippen LogP contribution in [0.1, 0.15) is 20.7 Å². The van der Waals surface area contributed by atoms with Gasteiger partial charge in [-0.05, 0) is 12.1 Å². The highest BCUT2D eigenvalue weighted by Gasteiger charge is 2.35. The van der Waals surface area contributed by atoms with E-state index in [9.17, 15) is 9.59 Å². The SMILES string of the molecule is O=C1c2cc(Cl)c(Cl)cc2C(=O)N1Cl. The van der Waals surface area contributed by atoms with E-state index in [0.717, 1.165) is 0 Å². The van der Waals surface area contributed by atoms with Crippen LogP contribution in [-0.2, 0) is 0 Å². The van der Waals surface area contributed by atoms with Crippen molar-refractivity contribution >= 4 is 46.8 Å². The van der Waals surface area contributed by atoms with Crippen LogP contribution >= 0.6 is 35.0 Å². The molecule has 0 saturated carbocycles. The molecule has 3 nitrogen and oxygen atoms in total. The van der Waals surface area contributed by atoms with Gasteiger partial charge in [0.2, 0.25) is 0 Å². The first-order chi connectivity index (χ1) is 6.52. The minimum absolute atomic E-state index is 0.180. The highest BCUT2D eigenvalue weighted by molar-refractivity contribution is 6.44. The van der Waals surface area contributed by atoms with E-state index in [1.807, 2.05) is 0 Å². The third kappa shape index (κ3) is 1.21. The summed E-state index contributed by atoms with van der Waals surface area (Å²) in [5.41, 5.74) is 0.360. The number of rotatable bonds is 0. The van der Waals surface area contributed by atoms with Crippen LogP contribution in [0.4, 0.5) is 0 Å². The molecule has 1 aliphatic heterocycles. The van der Waals surface area contributed by atoms with Crippen LogP contribution in [0.15, 0.2) is 12.1 Å². The number of imide groups is 1. The first kappa shape index (κ1) is 9.77. The van der Waals surface area contributed by atoms with E-state index in [-0.39, 0.29) is 21.2 Å². The van der Waals surface area contributed by atoms with E-state index >= 15 is 0 Å². The van der Waals surface area contributed by atoms with Gasteiger partial charge in [-0.25, -0.2) is 0 Å². The van der Waals surface area contributed by atoms with Crippen LogP contribution in [0, 0.1) is 0 Å². The van der Waals surface area contributed by atoms with Crippen LogP contribution in [0.3, 0.4) is 0 Å². The lowest BCUT2D eigenvalue weighted by atomic mass is 10.1. The summed E-state index contributed by atoms with van der Waals surface area (Å²) in [5, 5.41) is 0.442. The predicted molar refractivity (Wildman–Crippen MR) is 52.8 cm³/mol. The molecule has 1 aromatic carbocycles. The van der Waals surface area contributed by atoms with Gasteiger partial charge < -0.3 is 0 Å². The molecule has 0 N–H and O–H groups in total. The minimum atomic E-state index is -0.578. The number of benzene rings is 1. The van der Waals surface area contributed by atoms with Crippen molar-refractivity contribution in [3.63, 3.8) is 0 Å². The molecule has 6 heteroatoms. The number of amides is 2. The average Bonchev–Trinajstić information content (AvgIpc) is 2.34. The number of fused-ring (bicyclic) bond motifs is 1. The van der Waals surface area contributed by atoms with Crippen LogP contribution < -0.4 is 0 Å². The fraction of sp³-hybridized carbons (Fsp3) is 0. The molecule has 1 heterocycles. The third-order valence-electron chi connectivity index (χ3n) is 1.88. The molecule has 0 bridgehead atoms. The maximum absolute atomic E-state index is 11.3. The Morgan fingerprint density at radius 3 is 1.64 bits per heavy atom. The highest BCUT2D eigenvalue weighted by Crippen LogP contribution is 2.31. The molecule has 0 radical (unpaired) electrons. The zero-order chi connectivity index (χ0) is 10.5. The summed E-state index contributed by atoms with van der Waals surface area (Å²) in [5.74, 6) is -1.16. The lowest BCUT2D eigenvalue weighted by Crippen LogP contribution is -2.18. The molecule has 0 spiro atoms. The predicted octanol–water partition coefficient (Wildman–Crippen LogP) is 2.74. The summed E-state index contributed by atoms with van der Waals surface area (Å²) in [6, 6.07) is 2.67. The van der Waals surface area contributed by atoms with Gasteiger partial charge in [0.1, 0.15) is 0 Å². The van der Waals surface area contributed by atoms with Crippen molar-refractivity contribution in [2.24, 2.45) is 0 Å². The van der Waals surface area contributed by atoms with Crippen LogP contribution in [0.25, 0.3) is 0 Å². The number of halogens is 3. The fourth-order valence-corrected chi connectivity index (χ4v) is 1.71. The van der Waals surface area contributed by atoms with Crippen LogP contribution in [0.2, 0.25) is 10.0 Å². The molecule has 2 amide bonds. The van der Waals surface area contributed by atoms with Crippen molar-refractivity contribution in [1.82, 2.24) is 4.42 Å². The summed E-state index contributed by atoms with van der Waals surface area (Å²) >= 11 is 16.8. The molecular weight excluding hydrogens is 248 g/mol. The maximum Gasteiger partial charge on any atom is 0.276 e. The number of carbonyl (C=O) groups excluding carboxylic acids is 2. The van der Waals surface area contributed by atoms with Gasteiger partial charge in [0.25, 0.3) is 11.8 Å². The van der Waals surface area contributed by atoms with Gasteiger partial charge in [-0.3, -0.25) is 9.59 Å². The van der Waals surface area contributed by atoms with E-state index in [4.69, 9.17) is 35.0 Å². The molecule has 0 unspecified atom stereocenters. The Kier molecular flexibility index (Phi) is 2.18. The normalized spacial score (nSPS) is 14.9. The fourth-order valence-electron chi connectivity index (χ4n) is 1.20. The van der Waals surface area contributed by atoms with E-state index in [0.29, 0.717) is 4.42 Å². The van der Waals surface area contributed by atoms with Crippen molar-refractivity contribution in [1.29, 1.82) is 0 Å². The molecule has 0 saturated heterocycles. The Morgan fingerprint density at radius 2 is 1.29 bits per heavy atom. The second-order valence-corrected chi connectivity index (χ2v) is 3.86. The van der Waals surface area contributed by atoms with Gasteiger partial charge >= 0.3 is 0 Å². The van der Waals surface area contributed by atoms with Gasteiger partial charge in [-0.2, -0.15) is 4.42 Å². The topological polar surface area (TPSA) is 37.4 Å². The molecule has 72 valence electrons. The molecule has 0 aromatic heterocycles. The number of carbonyl (C=O) groups is 2. The average molecular weight is 250 g/mol. The van der Waals surface area contributed by atoms with Gasteiger partial charge in [0, 0.05) is 11.8 Å².